The Morgan fingerprint density at radius 2 is 2.05 bits per heavy atom. The van der Waals surface area contributed by atoms with E-state index < -0.39 is 0 Å². The molecule has 2 aromatic carbocycles. The van der Waals surface area contributed by atoms with Crippen LogP contribution in [0.15, 0.2) is 42.5 Å². The van der Waals surface area contributed by atoms with Gasteiger partial charge >= 0.3 is 0 Å². The summed E-state index contributed by atoms with van der Waals surface area (Å²) in [4.78, 5) is 11.8. The first-order valence-corrected chi connectivity index (χ1v) is 6.45. The molecule has 0 aliphatic carbocycles. The Kier molecular flexibility index (Phi) is 4.75. The standard InChI is InChI=1S/C15H11ClFN3O/c16-14-7-13(5-4-10(14)8-18)20-15(21)9-19-12-3-1-2-11(17)6-12/h1-7,19H,9H2,(H,20,21). The van der Waals surface area contributed by atoms with Gasteiger partial charge in [0.25, 0.3) is 0 Å². The Morgan fingerprint density at radius 1 is 1.24 bits per heavy atom. The van der Waals surface area contributed by atoms with Crippen LogP contribution < -0.4 is 10.6 Å². The van der Waals surface area contributed by atoms with Crippen LogP contribution in [-0.4, -0.2) is 12.5 Å². The van der Waals surface area contributed by atoms with Crippen LogP contribution in [0.4, 0.5) is 15.8 Å². The van der Waals surface area contributed by atoms with Crippen LogP contribution in [-0.2, 0) is 4.79 Å². The molecule has 0 unspecified atom stereocenters. The fraction of sp³-hybridized carbons (Fsp3) is 0.0667. The second-order valence-electron chi connectivity index (χ2n) is 4.22. The minimum Gasteiger partial charge on any atom is -0.376 e. The first-order chi connectivity index (χ1) is 10.1. The zero-order chi connectivity index (χ0) is 15.2. The summed E-state index contributed by atoms with van der Waals surface area (Å²) < 4.78 is 13.0. The fourth-order valence-electron chi connectivity index (χ4n) is 1.67. The molecule has 0 aliphatic rings. The zero-order valence-electron chi connectivity index (χ0n) is 10.9. The summed E-state index contributed by atoms with van der Waals surface area (Å²) in [5.41, 5.74) is 1.35. The van der Waals surface area contributed by atoms with Gasteiger partial charge in [-0.15, -0.1) is 0 Å². The molecule has 0 heterocycles. The van der Waals surface area contributed by atoms with E-state index in [9.17, 15) is 9.18 Å². The van der Waals surface area contributed by atoms with E-state index in [0.29, 0.717) is 16.9 Å². The summed E-state index contributed by atoms with van der Waals surface area (Å²) in [6.45, 7) is -0.0128. The summed E-state index contributed by atoms with van der Waals surface area (Å²) in [6, 6.07) is 12.4. The molecule has 2 rings (SSSR count). The molecule has 4 nitrogen and oxygen atoms in total. The zero-order valence-corrected chi connectivity index (χ0v) is 11.6. The number of anilines is 2. The van der Waals surface area contributed by atoms with Gasteiger partial charge in [-0.1, -0.05) is 17.7 Å². The van der Waals surface area contributed by atoms with Crippen molar-refractivity contribution in [2.45, 2.75) is 0 Å². The molecule has 6 heteroatoms. The minimum atomic E-state index is -0.376. The highest BCUT2D eigenvalue weighted by Gasteiger charge is 2.05. The lowest BCUT2D eigenvalue weighted by atomic mass is 10.2. The minimum absolute atomic E-state index is 0.0128. The molecule has 0 radical (unpaired) electrons. The van der Waals surface area contributed by atoms with Gasteiger partial charge in [-0.05, 0) is 36.4 Å². The third-order valence-corrected chi connectivity index (χ3v) is 2.96. The SMILES string of the molecule is N#Cc1ccc(NC(=O)CNc2cccc(F)c2)cc1Cl. The van der Waals surface area contributed by atoms with Crippen molar-refractivity contribution in [3.63, 3.8) is 0 Å². The highest BCUT2D eigenvalue weighted by molar-refractivity contribution is 6.32. The summed E-state index contributed by atoms with van der Waals surface area (Å²) >= 11 is 5.87. The summed E-state index contributed by atoms with van der Waals surface area (Å²) in [7, 11) is 0. The molecular formula is C15H11ClFN3O. The average molecular weight is 304 g/mol. The van der Waals surface area contributed by atoms with Gasteiger partial charge in [0, 0.05) is 11.4 Å². The van der Waals surface area contributed by atoms with Crippen molar-refractivity contribution in [3.05, 3.63) is 58.9 Å². The number of nitrogens with zero attached hydrogens (tertiary/aromatic N) is 1. The molecule has 2 aromatic rings. The number of carbonyl (C=O) groups is 1. The molecule has 0 spiro atoms. The maximum absolute atomic E-state index is 13.0. The molecule has 0 aliphatic heterocycles. The van der Waals surface area contributed by atoms with Crippen LogP contribution in [0.2, 0.25) is 5.02 Å². The predicted octanol–water partition coefficient (Wildman–Crippen LogP) is 3.40. The van der Waals surface area contributed by atoms with Crippen LogP contribution in [0.25, 0.3) is 0 Å². The number of benzene rings is 2. The normalized spacial score (nSPS) is 9.76. The fourth-order valence-corrected chi connectivity index (χ4v) is 1.89. The van der Waals surface area contributed by atoms with Crippen LogP contribution in [0.1, 0.15) is 5.56 Å². The van der Waals surface area contributed by atoms with E-state index in [0.717, 1.165) is 0 Å². The lowest BCUT2D eigenvalue weighted by molar-refractivity contribution is -0.114. The summed E-state index contributed by atoms with van der Waals surface area (Å²) in [5.74, 6) is -0.681. The van der Waals surface area contributed by atoms with Crippen molar-refractivity contribution in [1.29, 1.82) is 5.26 Å². The Labute approximate surface area is 126 Å². The van der Waals surface area contributed by atoms with E-state index >= 15 is 0 Å². The van der Waals surface area contributed by atoms with Gasteiger partial charge in [0.15, 0.2) is 0 Å². The maximum Gasteiger partial charge on any atom is 0.243 e. The van der Waals surface area contributed by atoms with Crippen LogP contribution >= 0.6 is 11.6 Å². The third-order valence-electron chi connectivity index (χ3n) is 2.65. The topological polar surface area (TPSA) is 64.9 Å². The Morgan fingerprint density at radius 3 is 2.71 bits per heavy atom. The van der Waals surface area contributed by atoms with Crippen molar-refractivity contribution in [2.24, 2.45) is 0 Å². The number of amides is 1. The molecule has 2 N–H and O–H groups in total. The summed E-state index contributed by atoms with van der Waals surface area (Å²) in [5, 5.41) is 14.5. The van der Waals surface area contributed by atoms with E-state index in [4.69, 9.17) is 16.9 Å². The van der Waals surface area contributed by atoms with E-state index in [1.54, 1.807) is 18.2 Å². The number of hydrogen-bond donors (Lipinski definition) is 2. The van der Waals surface area contributed by atoms with Gasteiger partial charge in [-0.3, -0.25) is 4.79 Å². The molecule has 21 heavy (non-hydrogen) atoms. The molecule has 0 saturated heterocycles. The van der Waals surface area contributed by atoms with Crippen molar-refractivity contribution in [1.82, 2.24) is 0 Å². The molecular weight excluding hydrogens is 293 g/mol. The second-order valence-corrected chi connectivity index (χ2v) is 4.63. The van der Waals surface area contributed by atoms with E-state index in [1.807, 2.05) is 6.07 Å². The predicted molar refractivity (Wildman–Crippen MR) is 79.7 cm³/mol. The molecule has 0 fully saturated rings. The first kappa shape index (κ1) is 14.8. The highest BCUT2D eigenvalue weighted by Crippen LogP contribution is 2.20. The largest absolute Gasteiger partial charge is 0.376 e. The number of carbonyl (C=O) groups excluding carboxylic acids is 1. The van der Waals surface area contributed by atoms with Gasteiger partial charge in [0.2, 0.25) is 5.91 Å². The van der Waals surface area contributed by atoms with Crippen LogP contribution in [0, 0.1) is 17.1 Å². The number of hydrogen-bond acceptors (Lipinski definition) is 3. The lowest BCUT2D eigenvalue weighted by Gasteiger charge is -2.08. The smallest absolute Gasteiger partial charge is 0.243 e. The van der Waals surface area contributed by atoms with Crippen molar-refractivity contribution < 1.29 is 9.18 Å². The summed E-state index contributed by atoms with van der Waals surface area (Å²) in [6.07, 6.45) is 0. The lowest BCUT2D eigenvalue weighted by Crippen LogP contribution is -2.21. The Hall–Kier alpha value is -2.58. The molecule has 1 amide bonds. The highest BCUT2D eigenvalue weighted by atomic mass is 35.5. The Balaban J connectivity index is 1.93. The first-order valence-electron chi connectivity index (χ1n) is 6.07. The van der Waals surface area contributed by atoms with Gasteiger partial charge < -0.3 is 10.6 Å². The molecule has 0 saturated carbocycles. The van der Waals surface area contributed by atoms with Crippen molar-refractivity contribution in [3.8, 4) is 6.07 Å². The average Bonchev–Trinajstić information content (AvgIpc) is 2.45. The third kappa shape index (κ3) is 4.20. The van der Waals surface area contributed by atoms with Gasteiger partial charge in [0.1, 0.15) is 11.9 Å². The van der Waals surface area contributed by atoms with Crippen molar-refractivity contribution >= 4 is 28.9 Å². The van der Waals surface area contributed by atoms with Gasteiger partial charge in [0.05, 0.1) is 17.1 Å². The van der Waals surface area contributed by atoms with Gasteiger partial charge in [-0.25, -0.2) is 4.39 Å². The quantitative estimate of drug-likeness (QED) is 0.910. The van der Waals surface area contributed by atoms with E-state index in [1.165, 1.54) is 24.3 Å². The van der Waals surface area contributed by atoms with Crippen LogP contribution in [0.5, 0.6) is 0 Å². The number of nitrogens with one attached hydrogen (secondary N) is 2. The van der Waals surface area contributed by atoms with E-state index in [2.05, 4.69) is 10.6 Å². The van der Waals surface area contributed by atoms with Gasteiger partial charge in [-0.2, -0.15) is 5.26 Å². The second kappa shape index (κ2) is 6.73. The number of nitriles is 1. The monoisotopic (exact) mass is 303 g/mol. The Bertz CT molecular complexity index is 712. The molecule has 0 bridgehead atoms. The molecule has 0 aromatic heterocycles. The number of rotatable bonds is 4. The molecule has 0 atom stereocenters. The van der Waals surface area contributed by atoms with Crippen molar-refractivity contribution in [2.75, 3.05) is 17.2 Å². The van der Waals surface area contributed by atoms with E-state index in [-0.39, 0.29) is 23.3 Å². The maximum atomic E-state index is 13.0. The molecule has 106 valence electrons. The van der Waals surface area contributed by atoms with Crippen LogP contribution in [0.3, 0.4) is 0 Å². The number of halogens is 2.